The zero-order chi connectivity index (χ0) is 17.5. The lowest BCUT2D eigenvalue weighted by molar-refractivity contribution is -0.148. The van der Waals surface area contributed by atoms with Gasteiger partial charge < -0.3 is 14.5 Å². The van der Waals surface area contributed by atoms with Gasteiger partial charge in [-0.25, -0.2) is 0 Å². The van der Waals surface area contributed by atoms with E-state index in [2.05, 4.69) is 0 Å². The van der Waals surface area contributed by atoms with Gasteiger partial charge in [0.05, 0.1) is 17.9 Å². The van der Waals surface area contributed by atoms with Gasteiger partial charge in [-0.3, -0.25) is 9.59 Å². The summed E-state index contributed by atoms with van der Waals surface area (Å²) in [6.07, 6.45) is -0.0286. The summed E-state index contributed by atoms with van der Waals surface area (Å²) in [5, 5.41) is 0. The lowest BCUT2D eigenvalue weighted by atomic mass is 10.0. The van der Waals surface area contributed by atoms with Gasteiger partial charge in [0.25, 0.3) is 5.91 Å². The van der Waals surface area contributed by atoms with E-state index >= 15 is 0 Å². The second-order valence-electron chi connectivity index (χ2n) is 6.62. The van der Waals surface area contributed by atoms with E-state index in [4.69, 9.17) is 4.74 Å². The summed E-state index contributed by atoms with van der Waals surface area (Å²) >= 11 is 1.37. The summed E-state index contributed by atoms with van der Waals surface area (Å²) in [5.41, 5.74) is 0.893. The van der Waals surface area contributed by atoms with Crippen molar-refractivity contribution in [3.8, 4) is 0 Å². The van der Waals surface area contributed by atoms with E-state index in [1.54, 1.807) is 16.7 Å². The fourth-order valence-corrected chi connectivity index (χ4v) is 4.77. The van der Waals surface area contributed by atoms with E-state index in [1.165, 1.54) is 11.8 Å². The van der Waals surface area contributed by atoms with Crippen LogP contribution in [-0.4, -0.2) is 53.3 Å². The smallest absolute Gasteiger partial charge is 0.252 e. The van der Waals surface area contributed by atoms with Crippen LogP contribution in [0.5, 0.6) is 0 Å². The molecule has 0 spiro atoms. The number of carbonyl (C=O) groups excluding carboxylic acids is 2. The molecule has 3 atom stereocenters. The number of benzene rings is 1. The number of nitrogens with zero attached hydrogens (tertiary/aromatic N) is 2. The van der Waals surface area contributed by atoms with Gasteiger partial charge in [0.2, 0.25) is 5.91 Å². The van der Waals surface area contributed by atoms with Crippen LogP contribution in [0.2, 0.25) is 0 Å². The maximum Gasteiger partial charge on any atom is 0.252 e. The average molecular weight is 348 g/mol. The van der Waals surface area contributed by atoms with Crippen molar-refractivity contribution in [1.82, 2.24) is 4.90 Å². The predicted octanol–water partition coefficient (Wildman–Crippen LogP) is 2.54. The van der Waals surface area contributed by atoms with Gasteiger partial charge >= 0.3 is 0 Å². The zero-order valence-electron chi connectivity index (χ0n) is 14.6. The Morgan fingerprint density at radius 2 is 1.92 bits per heavy atom. The molecule has 1 fully saturated rings. The highest BCUT2D eigenvalue weighted by Crippen LogP contribution is 2.46. The number of hydrogen-bond donors (Lipinski definition) is 0. The Balaban J connectivity index is 1.94. The molecular formula is C18H24N2O3S. The monoisotopic (exact) mass is 348 g/mol. The molecule has 2 amide bonds. The van der Waals surface area contributed by atoms with Crippen molar-refractivity contribution < 1.29 is 14.3 Å². The summed E-state index contributed by atoms with van der Waals surface area (Å²) in [4.78, 5) is 30.8. The number of hydrogen-bond acceptors (Lipinski definition) is 4. The Morgan fingerprint density at radius 3 is 2.54 bits per heavy atom. The van der Waals surface area contributed by atoms with Gasteiger partial charge in [0.15, 0.2) is 4.75 Å². The highest BCUT2D eigenvalue weighted by Gasteiger charge is 2.51. The van der Waals surface area contributed by atoms with E-state index < -0.39 is 4.75 Å². The van der Waals surface area contributed by atoms with E-state index in [-0.39, 0.29) is 24.0 Å². The van der Waals surface area contributed by atoms with Crippen molar-refractivity contribution in [1.29, 1.82) is 0 Å². The fraction of sp³-hybridized carbons (Fsp3) is 0.556. The summed E-state index contributed by atoms with van der Waals surface area (Å²) in [5.74, 6) is -0.252. The van der Waals surface area contributed by atoms with Crippen LogP contribution in [0.4, 0.5) is 5.69 Å². The van der Waals surface area contributed by atoms with Gasteiger partial charge in [0.1, 0.15) is 0 Å². The molecule has 6 heteroatoms. The fourth-order valence-electron chi connectivity index (χ4n) is 3.49. The first-order valence-electron chi connectivity index (χ1n) is 8.41. The summed E-state index contributed by atoms with van der Waals surface area (Å²) in [6.45, 7) is 9.22. The normalized spacial score (nSPS) is 30.2. The summed E-state index contributed by atoms with van der Waals surface area (Å²) < 4.78 is 4.59. The van der Waals surface area contributed by atoms with Gasteiger partial charge in [0, 0.05) is 24.5 Å². The lowest BCUT2D eigenvalue weighted by Gasteiger charge is -2.43. The van der Waals surface area contributed by atoms with Crippen LogP contribution < -0.4 is 4.90 Å². The van der Waals surface area contributed by atoms with E-state index in [0.29, 0.717) is 19.6 Å². The topological polar surface area (TPSA) is 49.9 Å². The molecular weight excluding hydrogens is 324 g/mol. The van der Waals surface area contributed by atoms with Crippen molar-refractivity contribution in [2.24, 2.45) is 0 Å². The molecule has 24 heavy (non-hydrogen) atoms. The number of anilines is 1. The third-order valence-corrected chi connectivity index (χ3v) is 5.88. The van der Waals surface area contributed by atoms with Crippen LogP contribution in [0.3, 0.4) is 0 Å². The number of carbonyl (C=O) groups is 2. The first kappa shape index (κ1) is 17.3. The van der Waals surface area contributed by atoms with Gasteiger partial charge in [-0.05, 0) is 39.8 Å². The van der Waals surface area contributed by atoms with Crippen LogP contribution in [-0.2, 0) is 14.3 Å². The molecule has 0 radical (unpaired) electrons. The number of rotatable bonds is 2. The highest BCUT2D eigenvalue weighted by molar-refractivity contribution is 8.02. The number of morpholine rings is 1. The molecule has 1 aromatic rings. The summed E-state index contributed by atoms with van der Waals surface area (Å²) in [6, 6.07) is 7.78. The van der Waals surface area contributed by atoms with Gasteiger partial charge in [-0.1, -0.05) is 23.9 Å². The highest BCUT2D eigenvalue weighted by atomic mass is 32.2. The number of amides is 2. The molecule has 2 aliphatic rings. The van der Waals surface area contributed by atoms with Crippen LogP contribution in [0, 0.1) is 0 Å². The molecule has 0 N–H and O–H groups in total. The van der Waals surface area contributed by atoms with Crippen LogP contribution in [0.15, 0.2) is 29.2 Å². The number of fused-ring (bicyclic) bond motifs is 1. The number of thioether (sulfide) groups is 1. The third-order valence-electron chi connectivity index (χ3n) is 4.55. The van der Waals surface area contributed by atoms with Crippen LogP contribution in [0.1, 0.15) is 27.7 Å². The van der Waals surface area contributed by atoms with Crippen molar-refractivity contribution in [3.63, 3.8) is 0 Å². The van der Waals surface area contributed by atoms with Crippen molar-refractivity contribution in [3.05, 3.63) is 24.3 Å². The molecule has 130 valence electrons. The molecule has 5 nitrogen and oxygen atoms in total. The number of ether oxygens (including phenoxy) is 1. The Labute approximate surface area is 147 Å². The average Bonchev–Trinajstić information content (AvgIpc) is 2.54. The second-order valence-corrected chi connectivity index (χ2v) is 8.08. The van der Waals surface area contributed by atoms with E-state index in [1.807, 2.05) is 45.0 Å². The minimum absolute atomic E-state index is 0.0143. The second kappa shape index (κ2) is 6.41. The molecule has 0 saturated carbocycles. The standard InChI is InChI=1S/C18H24N2O3S/c1-5-20-14-8-6-7-9-15(14)24-18(4,17(20)22)16(21)19-10-12(2)23-13(3)11-19/h6-9,12-13H,5,10-11H2,1-4H3. The molecule has 2 heterocycles. The molecule has 0 aliphatic carbocycles. The first-order chi connectivity index (χ1) is 11.4. The molecule has 3 unspecified atom stereocenters. The van der Waals surface area contributed by atoms with Crippen LogP contribution >= 0.6 is 11.8 Å². The van der Waals surface area contributed by atoms with Gasteiger partial charge in [-0.2, -0.15) is 0 Å². The van der Waals surface area contributed by atoms with Crippen LogP contribution in [0.25, 0.3) is 0 Å². The lowest BCUT2D eigenvalue weighted by Crippen LogP contribution is -2.60. The zero-order valence-corrected chi connectivity index (χ0v) is 15.4. The molecule has 0 bridgehead atoms. The number of para-hydroxylation sites is 1. The minimum Gasteiger partial charge on any atom is -0.372 e. The Kier molecular flexibility index (Phi) is 4.62. The quantitative estimate of drug-likeness (QED) is 0.771. The van der Waals surface area contributed by atoms with Crippen molar-refractivity contribution in [2.45, 2.75) is 49.5 Å². The van der Waals surface area contributed by atoms with E-state index in [9.17, 15) is 9.59 Å². The van der Waals surface area contributed by atoms with Gasteiger partial charge in [-0.15, -0.1) is 0 Å². The van der Waals surface area contributed by atoms with Crippen molar-refractivity contribution >= 4 is 29.3 Å². The molecule has 3 rings (SSSR count). The minimum atomic E-state index is -1.12. The third kappa shape index (κ3) is 2.82. The summed E-state index contributed by atoms with van der Waals surface area (Å²) in [7, 11) is 0. The molecule has 1 aromatic carbocycles. The Hall–Kier alpha value is -1.53. The predicted molar refractivity (Wildman–Crippen MR) is 95.3 cm³/mol. The Morgan fingerprint density at radius 1 is 1.29 bits per heavy atom. The SMILES string of the molecule is CCN1C(=O)C(C)(C(=O)N2CC(C)OC(C)C2)Sc2ccccc21. The molecule has 0 aromatic heterocycles. The Bertz CT molecular complexity index is 655. The first-order valence-corrected chi connectivity index (χ1v) is 9.23. The maximum absolute atomic E-state index is 13.2. The molecule has 1 saturated heterocycles. The molecule has 2 aliphatic heterocycles. The van der Waals surface area contributed by atoms with Crippen molar-refractivity contribution in [2.75, 3.05) is 24.5 Å². The van der Waals surface area contributed by atoms with E-state index in [0.717, 1.165) is 10.6 Å². The maximum atomic E-state index is 13.2. The largest absolute Gasteiger partial charge is 0.372 e.